The van der Waals surface area contributed by atoms with Gasteiger partial charge in [-0.25, -0.2) is 4.98 Å². The molecule has 3 N–H and O–H groups in total. The zero-order chi connectivity index (χ0) is 15.5. The van der Waals surface area contributed by atoms with Crippen LogP contribution in [0, 0.1) is 6.92 Å². The van der Waals surface area contributed by atoms with Gasteiger partial charge in [-0.1, -0.05) is 0 Å². The molecule has 118 valence electrons. The number of thiazole rings is 1. The zero-order valence-electron chi connectivity index (χ0n) is 12.6. The van der Waals surface area contributed by atoms with Gasteiger partial charge < -0.3 is 10.6 Å². The molecule has 1 saturated heterocycles. The van der Waals surface area contributed by atoms with Gasteiger partial charge >= 0.3 is 0 Å². The van der Waals surface area contributed by atoms with Gasteiger partial charge in [0.05, 0.1) is 11.2 Å². The molecule has 0 aliphatic carbocycles. The minimum absolute atomic E-state index is 0.225. The van der Waals surface area contributed by atoms with Gasteiger partial charge in [-0.3, -0.25) is 9.89 Å². The normalized spacial score (nSPS) is 16.1. The quantitative estimate of drug-likeness (QED) is 0.889. The van der Waals surface area contributed by atoms with E-state index in [-0.39, 0.29) is 11.9 Å². The summed E-state index contributed by atoms with van der Waals surface area (Å²) in [4.78, 5) is 23.9. The van der Waals surface area contributed by atoms with E-state index in [4.69, 9.17) is 5.73 Å². The molecule has 0 aromatic carbocycles. The lowest BCUT2D eigenvalue weighted by Gasteiger charge is -2.31. The number of aryl methyl sites for hydroxylation is 2. The van der Waals surface area contributed by atoms with E-state index >= 15 is 0 Å². The lowest BCUT2D eigenvalue weighted by molar-refractivity contribution is -0.132. The minimum atomic E-state index is 0.225. The second-order valence-electron chi connectivity index (χ2n) is 5.59. The lowest BCUT2D eigenvalue weighted by Crippen LogP contribution is -2.38. The van der Waals surface area contributed by atoms with Gasteiger partial charge in [-0.2, -0.15) is 4.98 Å². The molecule has 1 amide bonds. The van der Waals surface area contributed by atoms with Crippen molar-refractivity contribution in [3.8, 4) is 0 Å². The van der Waals surface area contributed by atoms with Crippen LogP contribution in [0.25, 0.3) is 0 Å². The van der Waals surface area contributed by atoms with Crippen LogP contribution in [0.2, 0.25) is 0 Å². The summed E-state index contributed by atoms with van der Waals surface area (Å²) in [5.74, 6) is 1.67. The topological polar surface area (TPSA) is 101 Å². The van der Waals surface area contributed by atoms with E-state index in [2.05, 4.69) is 20.2 Å². The van der Waals surface area contributed by atoms with Gasteiger partial charge in [0.1, 0.15) is 5.82 Å². The van der Waals surface area contributed by atoms with Crippen molar-refractivity contribution in [3.63, 3.8) is 0 Å². The summed E-state index contributed by atoms with van der Waals surface area (Å²) in [6, 6.07) is 0. The smallest absolute Gasteiger partial charge is 0.239 e. The van der Waals surface area contributed by atoms with Crippen molar-refractivity contribution in [3.05, 3.63) is 21.9 Å². The largest absolute Gasteiger partial charge is 0.367 e. The summed E-state index contributed by atoms with van der Waals surface area (Å²) < 4.78 is 0. The van der Waals surface area contributed by atoms with Crippen LogP contribution < -0.4 is 5.73 Å². The number of H-pyrrole nitrogens is 1. The molecule has 0 unspecified atom stereocenters. The standard InChI is InChI=1S/C14H20N6OS/c1-9-11(22-8-16-9)2-3-12(21)20-6-4-10(5-7-20)13-17-14(15)19-18-13/h8,10H,2-7H2,1H3,(H3,15,17,18,19). The number of carbonyl (C=O) groups excluding carboxylic acids is 1. The van der Waals surface area contributed by atoms with Crippen LogP contribution in [-0.4, -0.2) is 44.1 Å². The molecule has 8 heteroatoms. The molecular weight excluding hydrogens is 300 g/mol. The number of anilines is 1. The molecule has 1 fully saturated rings. The fourth-order valence-electron chi connectivity index (χ4n) is 2.82. The summed E-state index contributed by atoms with van der Waals surface area (Å²) in [5.41, 5.74) is 8.41. The Morgan fingerprint density at radius 1 is 1.50 bits per heavy atom. The third-order valence-electron chi connectivity index (χ3n) is 4.17. The number of rotatable bonds is 4. The number of likely N-dealkylation sites (tertiary alicyclic amines) is 1. The minimum Gasteiger partial charge on any atom is -0.367 e. The summed E-state index contributed by atoms with van der Waals surface area (Å²) in [6.07, 6.45) is 3.15. The molecule has 7 nitrogen and oxygen atoms in total. The Hall–Kier alpha value is -1.96. The number of aromatic nitrogens is 4. The highest BCUT2D eigenvalue weighted by atomic mass is 32.1. The van der Waals surface area contributed by atoms with Crippen LogP contribution in [0.15, 0.2) is 5.51 Å². The first-order chi connectivity index (χ1) is 10.6. The van der Waals surface area contributed by atoms with Crippen molar-refractivity contribution >= 4 is 23.2 Å². The molecule has 1 aliphatic rings. The van der Waals surface area contributed by atoms with Crippen molar-refractivity contribution in [2.24, 2.45) is 0 Å². The fourth-order valence-corrected chi connectivity index (χ4v) is 3.60. The Balaban J connectivity index is 1.48. The van der Waals surface area contributed by atoms with Crippen LogP contribution >= 0.6 is 11.3 Å². The molecule has 2 aromatic heterocycles. The third-order valence-corrected chi connectivity index (χ3v) is 5.16. The van der Waals surface area contributed by atoms with Crippen molar-refractivity contribution in [1.29, 1.82) is 0 Å². The predicted octanol–water partition coefficient (Wildman–Crippen LogP) is 1.49. The molecule has 2 aromatic rings. The first-order valence-corrected chi connectivity index (χ1v) is 8.36. The Kier molecular flexibility index (Phi) is 4.37. The highest BCUT2D eigenvalue weighted by Gasteiger charge is 2.25. The first-order valence-electron chi connectivity index (χ1n) is 7.48. The molecule has 0 radical (unpaired) electrons. The predicted molar refractivity (Wildman–Crippen MR) is 84.5 cm³/mol. The monoisotopic (exact) mass is 320 g/mol. The molecule has 22 heavy (non-hydrogen) atoms. The number of nitrogens with zero attached hydrogens (tertiary/aromatic N) is 4. The number of nitrogens with two attached hydrogens (primary N) is 1. The highest BCUT2D eigenvalue weighted by Crippen LogP contribution is 2.26. The second-order valence-corrected chi connectivity index (χ2v) is 6.53. The lowest BCUT2D eigenvalue weighted by atomic mass is 9.96. The Morgan fingerprint density at radius 2 is 2.27 bits per heavy atom. The summed E-state index contributed by atoms with van der Waals surface area (Å²) in [7, 11) is 0. The highest BCUT2D eigenvalue weighted by molar-refractivity contribution is 7.09. The molecular formula is C14H20N6OS. The number of hydrogen-bond acceptors (Lipinski definition) is 6. The first kappa shape index (κ1) is 15.0. The molecule has 0 bridgehead atoms. The number of carbonyl (C=O) groups is 1. The van der Waals surface area contributed by atoms with E-state index < -0.39 is 0 Å². The SMILES string of the molecule is Cc1ncsc1CCC(=O)N1CCC(c2nc(N)n[nH]2)CC1. The van der Waals surface area contributed by atoms with Crippen LogP contribution in [0.5, 0.6) is 0 Å². The molecule has 3 heterocycles. The van der Waals surface area contributed by atoms with Gasteiger partial charge in [-0.15, -0.1) is 16.4 Å². The maximum absolute atomic E-state index is 12.3. The maximum atomic E-state index is 12.3. The Bertz CT molecular complexity index is 643. The average molecular weight is 320 g/mol. The molecule has 3 rings (SSSR count). The summed E-state index contributed by atoms with van der Waals surface area (Å²) in [6.45, 7) is 3.53. The van der Waals surface area contributed by atoms with E-state index in [0.717, 1.165) is 43.9 Å². The van der Waals surface area contributed by atoms with Crippen LogP contribution in [-0.2, 0) is 11.2 Å². The van der Waals surface area contributed by atoms with E-state index in [0.29, 0.717) is 12.3 Å². The summed E-state index contributed by atoms with van der Waals surface area (Å²) in [5, 5.41) is 6.74. The molecule has 0 atom stereocenters. The average Bonchev–Trinajstić information content (AvgIpc) is 3.13. The fraction of sp³-hybridized carbons (Fsp3) is 0.571. The Morgan fingerprint density at radius 3 is 2.86 bits per heavy atom. The van der Waals surface area contributed by atoms with E-state index in [1.807, 2.05) is 17.3 Å². The maximum Gasteiger partial charge on any atom is 0.239 e. The van der Waals surface area contributed by atoms with E-state index in [1.165, 1.54) is 4.88 Å². The number of nitrogens with one attached hydrogen (secondary N) is 1. The van der Waals surface area contributed by atoms with Crippen LogP contribution in [0.4, 0.5) is 5.95 Å². The molecule has 1 aliphatic heterocycles. The van der Waals surface area contributed by atoms with Crippen LogP contribution in [0.1, 0.15) is 41.6 Å². The van der Waals surface area contributed by atoms with Gasteiger partial charge in [-0.05, 0) is 26.2 Å². The van der Waals surface area contributed by atoms with Crippen molar-refractivity contribution < 1.29 is 4.79 Å². The van der Waals surface area contributed by atoms with Crippen LogP contribution in [0.3, 0.4) is 0 Å². The number of nitrogen functional groups attached to an aromatic ring is 1. The van der Waals surface area contributed by atoms with Crippen molar-refractivity contribution in [1.82, 2.24) is 25.1 Å². The number of hydrogen-bond donors (Lipinski definition) is 2. The molecule has 0 spiro atoms. The zero-order valence-corrected chi connectivity index (χ0v) is 13.4. The molecule has 0 saturated carbocycles. The number of amides is 1. The third kappa shape index (κ3) is 3.27. The van der Waals surface area contributed by atoms with Gasteiger partial charge in [0, 0.05) is 30.3 Å². The van der Waals surface area contributed by atoms with Crippen molar-refractivity contribution in [2.75, 3.05) is 18.8 Å². The van der Waals surface area contributed by atoms with Gasteiger partial charge in [0.25, 0.3) is 0 Å². The van der Waals surface area contributed by atoms with E-state index in [9.17, 15) is 4.79 Å². The number of piperidine rings is 1. The number of aromatic amines is 1. The second kappa shape index (κ2) is 6.43. The van der Waals surface area contributed by atoms with Crippen molar-refractivity contribution in [2.45, 2.75) is 38.5 Å². The van der Waals surface area contributed by atoms with Gasteiger partial charge in [0.15, 0.2) is 0 Å². The Labute approximate surface area is 133 Å². The van der Waals surface area contributed by atoms with Gasteiger partial charge in [0.2, 0.25) is 11.9 Å². The summed E-state index contributed by atoms with van der Waals surface area (Å²) >= 11 is 1.63. The van der Waals surface area contributed by atoms with E-state index in [1.54, 1.807) is 11.3 Å².